The highest BCUT2D eigenvalue weighted by molar-refractivity contribution is 6.05. The van der Waals surface area contributed by atoms with Crippen LogP contribution < -0.4 is 15.8 Å². The standard InChI is InChI=1S/C27H27N5O4/c28-24-7-2-17-11-16(1-5-22(17)29-24)13-31-10-9-20(15-31)36-19-3-4-21-18(12-19)14-32(27(21)35)23-6-8-25(33)30-26(23)34/h1-5,7,11-12,20,23H,6,8-10,13-15H2,(H2,28,29)(H,30,33,34)/t20-,23?/m0/s1. The summed E-state index contributed by atoms with van der Waals surface area (Å²) in [7, 11) is 0. The number of hydrogen-bond acceptors (Lipinski definition) is 7. The van der Waals surface area contributed by atoms with Gasteiger partial charge in [0.05, 0.1) is 5.52 Å². The van der Waals surface area contributed by atoms with Crippen molar-refractivity contribution < 1.29 is 19.1 Å². The van der Waals surface area contributed by atoms with Crippen LogP contribution in [0.3, 0.4) is 0 Å². The molecule has 2 fully saturated rings. The molecule has 0 aliphatic carbocycles. The third-order valence-corrected chi connectivity index (χ3v) is 7.21. The Hall–Kier alpha value is -3.98. The third kappa shape index (κ3) is 4.26. The average Bonchev–Trinajstić information content (AvgIpc) is 3.42. The number of fused-ring (bicyclic) bond motifs is 2. The Kier molecular flexibility index (Phi) is 5.56. The Morgan fingerprint density at radius 3 is 2.81 bits per heavy atom. The molecule has 0 bridgehead atoms. The number of carbonyl (C=O) groups is 3. The quantitative estimate of drug-likeness (QED) is 0.532. The third-order valence-electron chi connectivity index (χ3n) is 7.21. The highest BCUT2D eigenvalue weighted by atomic mass is 16.5. The maximum absolute atomic E-state index is 12.9. The van der Waals surface area contributed by atoms with Crippen molar-refractivity contribution in [3.63, 3.8) is 0 Å². The van der Waals surface area contributed by atoms with Gasteiger partial charge in [-0.25, -0.2) is 4.98 Å². The minimum absolute atomic E-state index is 0.0633. The second-order valence-electron chi connectivity index (χ2n) is 9.75. The van der Waals surface area contributed by atoms with Gasteiger partial charge in [-0.2, -0.15) is 0 Å². The summed E-state index contributed by atoms with van der Waals surface area (Å²) in [4.78, 5) is 44.9. The summed E-state index contributed by atoms with van der Waals surface area (Å²) in [6, 6.07) is 15.0. The van der Waals surface area contributed by atoms with Gasteiger partial charge in [0.25, 0.3) is 5.91 Å². The van der Waals surface area contributed by atoms with Crippen LogP contribution >= 0.6 is 0 Å². The van der Waals surface area contributed by atoms with Crippen molar-refractivity contribution in [2.75, 3.05) is 18.8 Å². The minimum Gasteiger partial charge on any atom is -0.489 e. The maximum atomic E-state index is 12.9. The van der Waals surface area contributed by atoms with E-state index in [2.05, 4.69) is 27.3 Å². The molecule has 3 amide bonds. The number of likely N-dealkylation sites (tertiary alicyclic amines) is 1. The number of rotatable bonds is 5. The first-order valence-electron chi connectivity index (χ1n) is 12.2. The van der Waals surface area contributed by atoms with Crippen LogP contribution in [0, 0.1) is 0 Å². The molecule has 9 heteroatoms. The molecule has 0 radical (unpaired) electrons. The summed E-state index contributed by atoms with van der Waals surface area (Å²) in [6.07, 6.45) is 1.58. The van der Waals surface area contributed by atoms with Gasteiger partial charge in [0.15, 0.2) is 0 Å². The number of nitrogens with one attached hydrogen (secondary N) is 1. The molecule has 36 heavy (non-hydrogen) atoms. The second kappa shape index (κ2) is 8.91. The maximum Gasteiger partial charge on any atom is 0.255 e. The van der Waals surface area contributed by atoms with Gasteiger partial charge in [-0.05, 0) is 66.4 Å². The summed E-state index contributed by atoms with van der Waals surface area (Å²) in [5, 5.41) is 3.41. The van der Waals surface area contributed by atoms with E-state index in [1.165, 1.54) is 5.56 Å². The number of anilines is 1. The van der Waals surface area contributed by atoms with Gasteiger partial charge in [-0.15, -0.1) is 0 Å². The fourth-order valence-electron chi connectivity index (χ4n) is 5.40. The molecule has 9 nitrogen and oxygen atoms in total. The molecule has 184 valence electrons. The number of pyridine rings is 1. The van der Waals surface area contributed by atoms with E-state index >= 15 is 0 Å². The molecule has 1 aromatic heterocycles. The largest absolute Gasteiger partial charge is 0.489 e. The number of nitrogens with zero attached hydrogens (tertiary/aromatic N) is 3. The highest BCUT2D eigenvalue weighted by Gasteiger charge is 2.39. The van der Waals surface area contributed by atoms with E-state index in [-0.39, 0.29) is 24.3 Å². The van der Waals surface area contributed by atoms with E-state index in [4.69, 9.17) is 10.5 Å². The summed E-state index contributed by atoms with van der Waals surface area (Å²) in [6.45, 7) is 2.93. The van der Waals surface area contributed by atoms with E-state index < -0.39 is 11.9 Å². The summed E-state index contributed by atoms with van der Waals surface area (Å²) in [5.41, 5.74) is 9.34. The lowest BCUT2D eigenvalue weighted by Crippen LogP contribution is -2.52. The molecule has 3 aromatic rings. The zero-order valence-corrected chi connectivity index (χ0v) is 19.8. The van der Waals surface area contributed by atoms with Crippen LogP contribution in [-0.2, 0) is 22.7 Å². The molecule has 0 saturated carbocycles. The van der Waals surface area contributed by atoms with Crippen molar-refractivity contribution in [1.29, 1.82) is 0 Å². The molecule has 2 atom stereocenters. The Bertz CT molecular complexity index is 1390. The Morgan fingerprint density at radius 1 is 1.06 bits per heavy atom. The molecule has 0 spiro atoms. The molecular formula is C27H27N5O4. The van der Waals surface area contributed by atoms with E-state index in [1.807, 2.05) is 30.3 Å². The molecule has 6 rings (SSSR count). The molecular weight excluding hydrogens is 458 g/mol. The van der Waals surface area contributed by atoms with Gasteiger partial charge < -0.3 is 15.4 Å². The zero-order valence-electron chi connectivity index (χ0n) is 19.8. The smallest absolute Gasteiger partial charge is 0.255 e. The van der Waals surface area contributed by atoms with Gasteiger partial charge >= 0.3 is 0 Å². The van der Waals surface area contributed by atoms with Crippen LogP contribution in [0.15, 0.2) is 48.5 Å². The second-order valence-corrected chi connectivity index (χ2v) is 9.75. The van der Waals surface area contributed by atoms with Crippen molar-refractivity contribution in [3.8, 4) is 5.75 Å². The van der Waals surface area contributed by atoms with Crippen molar-refractivity contribution in [2.24, 2.45) is 0 Å². The van der Waals surface area contributed by atoms with Gasteiger partial charge in [0.1, 0.15) is 23.7 Å². The monoisotopic (exact) mass is 485 g/mol. The lowest BCUT2D eigenvalue weighted by atomic mass is 10.0. The molecule has 4 heterocycles. The lowest BCUT2D eigenvalue weighted by Gasteiger charge is -2.29. The molecule has 3 aliphatic rings. The van der Waals surface area contributed by atoms with Crippen LogP contribution in [0.4, 0.5) is 5.82 Å². The first-order chi connectivity index (χ1) is 17.4. The zero-order chi connectivity index (χ0) is 24.8. The van der Waals surface area contributed by atoms with Crippen LogP contribution in [-0.4, -0.2) is 57.7 Å². The number of aromatic nitrogens is 1. The van der Waals surface area contributed by atoms with E-state index in [1.54, 1.807) is 11.0 Å². The number of ether oxygens (including phenoxy) is 1. The summed E-state index contributed by atoms with van der Waals surface area (Å²) >= 11 is 0. The Morgan fingerprint density at radius 2 is 1.94 bits per heavy atom. The predicted octanol–water partition coefficient (Wildman–Crippen LogP) is 2.23. The number of piperidine rings is 1. The highest BCUT2D eigenvalue weighted by Crippen LogP contribution is 2.31. The first-order valence-corrected chi connectivity index (χ1v) is 12.2. The number of nitrogens with two attached hydrogens (primary N) is 1. The van der Waals surface area contributed by atoms with Crippen molar-refractivity contribution >= 4 is 34.4 Å². The lowest BCUT2D eigenvalue weighted by molar-refractivity contribution is -0.136. The van der Waals surface area contributed by atoms with E-state index in [0.717, 1.165) is 48.3 Å². The van der Waals surface area contributed by atoms with Crippen LogP contribution in [0.25, 0.3) is 10.9 Å². The number of amides is 3. The number of hydrogen-bond donors (Lipinski definition) is 2. The van der Waals surface area contributed by atoms with Gasteiger partial charge in [0, 0.05) is 43.5 Å². The van der Waals surface area contributed by atoms with Gasteiger partial charge in [0.2, 0.25) is 11.8 Å². The number of benzene rings is 2. The molecule has 2 saturated heterocycles. The Balaban J connectivity index is 1.08. The fourth-order valence-corrected chi connectivity index (χ4v) is 5.40. The minimum atomic E-state index is -0.612. The predicted molar refractivity (Wildman–Crippen MR) is 133 cm³/mol. The van der Waals surface area contributed by atoms with Gasteiger partial charge in [-0.1, -0.05) is 6.07 Å². The van der Waals surface area contributed by atoms with Crippen molar-refractivity contribution in [2.45, 2.75) is 44.5 Å². The average molecular weight is 486 g/mol. The molecule has 2 aromatic carbocycles. The van der Waals surface area contributed by atoms with E-state index in [9.17, 15) is 14.4 Å². The molecule has 3 N–H and O–H groups in total. The van der Waals surface area contributed by atoms with Crippen LogP contribution in [0.5, 0.6) is 5.75 Å². The number of imide groups is 1. The normalized spacial score (nSPS) is 22.2. The SMILES string of the molecule is Nc1ccc2cc(CN3CC[C@H](Oc4ccc5c(c4)CN(C4CCC(=O)NC4=O)C5=O)C3)ccc2n1. The van der Waals surface area contributed by atoms with E-state index in [0.29, 0.717) is 24.3 Å². The van der Waals surface area contributed by atoms with Crippen molar-refractivity contribution in [3.05, 3.63) is 65.2 Å². The summed E-state index contributed by atoms with van der Waals surface area (Å²) < 4.78 is 6.28. The first kappa shape index (κ1) is 22.5. The Labute approximate surface area is 208 Å². The number of nitrogen functional groups attached to an aromatic ring is 1. The van der Waals surface area contributed by atoms with Gasteiger partial charge in [-0.3, -0.25) is 24.6 Å². The van der Waals surface area contributed by atoms with Crippen LogP contribution in [0.2, 0.25) is 0 Å². The summed E-state index contributed by atoms with van der Waals surface area (Å²) in [5.74, 6) is 0.389. The number of carbonyl (C=O) groups excluding carboxylic acids is 3. The topological polar surface area (TPSA) is 118 Å². The van der Waals surface area contributed by atoms with Crippen LogP contribution in [0.1, 0.15) is 40.7 Å². The molecule has 3 aliphatic heterocycles. The molecule has 1 unspecified atom stereocenters. The fraction of sp³-hybridized carbons (Fsp3) is 0.333. The van der Waals surface area contributed by atoms with Crippen molar-refractivity contribution in [1.82, 2.24) is 20.1 Å².